The zero-order chi connectivity index (χ0) is 19.1. The van der Waals surface area contributed by atoms with E-state index in [4.69, 9.17) is 4.74 Å². The van der Waals surface area contributed by atoms with E-state index in [1.54, 1.807) is 12.3 Å². The molecule has 2 aromatic carbocycles. The number of aromatic nitrogens is 2. The average molecular weight is 364 g/mol. The van der Waals surface area contributed by atoms with Crippen LogP contribution >= 0.6 is 0 Å². The Morgan fingerprint density at radius 2 is 2.11 bits per heavy atom. The Balaban J connectivity index is 1.56. The normalized spacial score (nSPS) is 11.0. The second-order valence-electron chi connectivity index (χ2n) is 5.83. The maximum Gasteiger partial charge on any atom is 0.270 e. The minimum Gasteiger partial charge on any atom is -0.494 e. The van der Waals surface area contributed by atoms with E-state index < -0.39 is 0 Å². The minimum absolute atomic E-state index is 0.116. The van der Waals surface area contributed by atoms with Crippen molar-refractivity contribution < 1.29 is 9.53 Å². The summed E-state index contributed by atoms with van der Waals surface area (Å²) in [6.07, 6.45) is 1.90. The highest BCUT2D eigenvalue weighted by molar-refractivity contribution is 5.83. The van der Waals surface area contributed by atoms with Crippen molar-refractivity contribution in [3.8, 4) is 5.75 Å². The number of fused-ring (bicyclic) bond motifs is 1. The summed E-state index contributed by atoms with van der Waals surface area (Å²) >= 11 is 0. The lowest BCUT2D eigenvalue weighted by Gasteiger charge is -2.03. The molecule has 0 bridgehead atoms. The molecule has 3 rings (SSSR count). The fraction of sp³-hybridized carbons (Fsp3) is 0.200. The number of hydrogen-bond donors (Lipinski definition) is 2. The van der Waals surface area contributed by atoms with Gasteiger partial charge in [0.2, 0.25) is 5.91 Å². The third-order valence-electron chi connectivity index (χ3n) is 3.83. The molecule has 0 unspecified atom stereocenters. The molecule has 1 amide bonds. The number of nitrogens with zero attached hydrogens (tertiary/aromatic N) is 2. The smallest absolute Gasteiger partial charge is 0.270 e. The van der Waals surface area contributed by atoms with Gasteiger partial charge in [-0.3, -0.25) is 9.59 Å². The van der Waals surface area contributed by atoms with Gasteiger partial charge < -0.3 is 9.72 Å². The highest BCUT2D eigenvalue weighted by Gasteiger charge is 2.07. The number of hydrazone groups is 1. The molecular weight excluding hydrogens is 344 g/mol. The zero-order valence-corrected chi connectivity index (χ0v) is 14.9. The van der Waals surface area contributed by atoms with Crippen molar-refractivity contribution in [3.05, 3.63) is 70.1 Å². The van der Waals surface area contributed by atoms with Gasteiger partial charge in [-0.05, 0) is 36.8 Å². The van der Waals surface area contributed by atoms with Gasteiger partial charge in [0, 0.05) is 12.8 Å². The van der Waals surface area contributed by atoms with Crippen LogP contribution in [0.1, 0.15) is 24.6 Å². The second kappa shape index (κ2) is 8.75. The van der Waals surface area contributed by atoms with Crippen molar-refractivity contribution in [2.45, 2.75) is 19.8 Å². The first-order chi connectivity index (χ1) is 13.2. The summed E-state index contributed by atoms with van der Waals surface area (Å²) in [6, 6.07) is 14.7. The highest BCUT2D eigenvalue weighted by atomic mass is 16.5. The first-order valence-corrected chi connectivity index (χ1v) is 8.68. The fourth-order valence-electron chi connectivity index (χ4n) is 2.55. The number of amides is 1. The molecular formula is C20H20N4O3. The first-order valence-electron chi connectivity index (χ1n) is 8.68. The van der Waals surface area contributed by atoms with Crippen LogP contribution in [0.2, 0.25) is 0 Å². The third-order valence-corrected chi connectivity index (χ3v) is 3.83. The number of carbonyl (C=O) groups excluding carboxylic acids is 1. The highest BCUT2D eigenvalue weighted by Crippen LogP contribution is 2.11. The number of aryl methyl sites for hydroxylation is 1. The molecule has 2 N–H and O–H groups in total. The van der Waals surface area contributed by atoms with Crippen molar-refractivity contribution >= 4 is 23.2 Å². The van der Waals surface area contributed by atoms with Crippen LogP contribution in [0, 0.1) is 0 Å². The molecule has 1 heterocycles. The molecule has 0 spiro atoms. The van der Waals surface area contributed by atoms with Crippen LogP contribution < -0.4 is 15.7 Å². The number of nitrogens with one attached hydrogen (secondary N) is 2. The van der Waals surface area contributed by atoms with Gasteiger partial charge in [0.1, 0.15) is 11.4 Å². The Labute approximate surface area is 156 Å². The monoisotopic (exact) mass is 364 g/mol. The number of benzene rings is 2. The van der Waals surface area contributed by atoms with Crippen LogP contribution in [0.4, 0.5) is 0 Å². The van der Waals surface area contributed by atoms with Gasteiger partial charge in [0.25, 0.3) is 5.56 Å². The number of carbonyl (C=O) groups is 1. The standard InChI is InChI=1S/C20H20N4O3/c1-2-27-15-7-5-6-14(12-15)13-21-24-19(25)11-10-18-20(26)23-17-9-4-3-8-16(17)22-18/h3-9,12-13H,2,10-11H2,1H3,(H,23,26)(H,24,25)/b21-13+. The average Bonchev–Trinajstić information content (AvgIpc) is 2.67. The maximum atomic E-state index is 12.0. The molecule has 0 fully saturated rings. The van der Waals surface area contributed by atoms with Crippen LogP contribution in [0.5, 0.6) is 5.75 Å². The predicted molar refractivity (Wildman–Crippen MR) is 104 cm³/mol. The van der Waals surface area contributed by atoms with Crippen LogP contribution in [0.3, 0.4) is 0 Å². The van der Waals surface area contributed by atoms with Crippen molar-refractivity contribution in [2.75, 3.05) is 6.61 Å². The summed E-state index contributed by atoms with van der Waals surface area (Å²) in [5.74, 6) is 0.455. The van der Waals surface area contributed by atoms with E-state index in [1.807, 2.05) is 49.4 Å². The SMILES string of the molecule is CCOc1cccc(/C=N/NC(=O)CCc2nc3ccccc3[nH]c2=O)c1. The summed E-state index contributed by atoms with van der Waals surface area (Å²) in [7, 11) is 0. The molecule has 7 heteroatoms. The Morgan fingerprint density at radius 1 is 1.26 bits per heavy atom. The van der Waals surface area contributed by atoms with Crippen LogP contribution in [-0.2, 0) is 11.2 Å². The van der Waals surface area contributed by atoms with Crippen molar-refractivity contribution in [1.82, 2.24) is 15.4 Å². The van der Waals surface area contributed by atoms with E-state index in [2.05, 4.69) is 20.5 Å². The van der Waals surface area contributed by atoms with Gasteiger partial charge in [0.05, 0.1) is 23.9 Å². The van der Waals surface area contributed by atoms with Gasteiger partial charge in [-0.15, -0.1) is 0 Å². The zero-order valence-electron chi connectivity index (χ0n) is 14.9. The minimum atomic E-state index is -0.290. The predicted octanol–water partition coefficient (Wildman–Crippen LogP) is 2.40. The summed E-state index contributed by atoms with van der Waals surface area (Å²) in [5, 5.41) is 3.94. The molecule has 7 nitrogen and oxygen atoms in total. The lowest BCUT2D eigenvalue weighted by molar-refractivity contribution is -0.121. The van der Waals surface area contributed by atoms with Gasteiger partial charge in [0.15, 0.2) is 0 Å². The van der Waals surface area contributed by atoms with E-state index >= 15 is 0 Å². The largest absolute Gasteiger partial charge is 0.494 e. The van der Waals surface area contributed by atoms with E-state index in [0.29, 0.717) is 23.3 Å². The van der Waals surface area contributed by atoms with Gasteiger partial charge >= 0.3 is 0 Å². The Bertz CT molecular complexity index is 1030. The summed E-state index contributed by atoms with van der Waals surface area (Å²) < 4.78 is 5.41. The number of H-pyrrole nitrogens is 1. The third kappa shape index (κ3) is 5.01. The summed E-state index contributed by atoms with van der Waals surface area (Å²) in [6.45, 7) is 2.50. The van der Waals surface area contributed by atoms with Gasteiger partial charge in [-0.25, -0.2) is 10.4 Å². The van der Waals surface area contributed by atoms with Crippen LogP contribution in [0.15, 0.2) is 58.4 Å². The maximum absolute atomic E-state index is 12.0. The number of para-hydroxylation sites is 2. The molecule has 0 aliphatic heterocycles. The molecule has 0 atom stereocenters. The molecule has 1 aromatic heterocycles. The number of ether oxygens (including phenoxy) is 1. The molecule has 0 radical (unpaired) electrons. The lowest BCUT2D eigenvalue weighted by Crippen LogP contribution is -2.21. The topological polar surface area (TPSA) is 96.4 Å². The number of rotatable bonds is 7. The Hall–Kier alpha value is -3.48. The van der Waals surface area contributed by atoms with E-state index in [-0.39, 0.29) is 24.3 Å². The van der Waals surface area contributed by atoms with Crippen LogP contribution in [-0.4, -0.2) is 28.7 Å². The van der Waals surface area contributed by atoms with Crippen molar-refractivity contribution in [1.29, 1.82) is 0 Å². The van der Waals surface area contributed by atoms with Crippen molar-refractivity contribution in [2.24, 2.45) is 5.10 Å². The van der Waals surface area contributed by atoms with Gasteiger partial charge in [-0.1, -0.05) is 24.3 Å². The van der Waals surface area contributed by atoms with Crippen LogP contribution in [0.25, 0.3) is 11.0 Å². The Morgan fingerprint density at radius 3 is 2.96 bits per heavy atom. The number of aromatic amines is 1. The fourth-order valence-corrected chi connectivity index (χ4v) is 2.55. The molecule has 138 valence electrons. The first kappa shape index (κ1) is 18.3. The van der Waals surface area contributed by atoms with E-state index in [9.17, 15) is 9.59 Å². The lowest BCUT2D eigenvalue weighted by atomic mass is 10.2. The molecule has 0 aliphatic rings. The Kier molecular flexibility index (Phi) is 5.94. The summed E-state index contributed by atoms with van der Waals surface area (Å²) in [5.41, 5.74) is 4.69. The second-order valence-corrected chi connectivity index (χ2v) is 5.83. The van der Waals surface area contributed by atoms with Gasteiger partial charge in [-0.2, -0.15) is 5.10 Å². The molecule has 27 heavy (non-hydrogen) atoms. The summed E-state index contributed by atoms with van der Waals surface area (Å²) in [4.78, 5) is 31.1. The van der Waals surface area contributed by atoms with E-state index in [1.165, 1.54) is 0 Å². The van der Waals surface area contributed by atoms with Crippen molar-refractivity contribution in [3.63, 3.8) is 0 Å². The quantitative estimate of drug-likeness (QED) is 0.497. The van der Waals surface area contributed by atoms with E-state index in [0.717, 1.165) is 11.3 Å². The molecule has 0 aliphatic carbocycles. The number of hydrogen-bond acceptors (Lipinski definition) is 5. The molecule has 3 aromatic rings. The molecule has 0 saturated carbocycles. The molecule has 0 saturated heterocycles.